The first-order valence-electron chi connectivity index (χ1n) is 8.93. The van der Waals surface area contributed by atoms with E-state index in [1.807, 2.05) is 7.05 Å². The summed E-state index contributed by atoms with van der Waals surface area (Å²) in [5.41, 5.74) is 0.257. The van der Waals surface area contributed by atoms with E-state index in [9.17, 15) is 13.2 Å². The highest BCUT2D eigenvalue weighted by atomic mass is 35.5. The van der Waals surface area contributed by atoms with Crippen molar-refractivity contribution in [3.05, 3.63) is 29.8 Å². The number of carbonyl (C=O) groups is 1. The highest BCUT2D eigenvalue weighted by molar-refractivity contribution is 7.89. The number of hydrogen-bond donors (Lipinski definition) is 1. The second-order valence-electron chi connectivity index (χ2n) is 6.57. The van der Waals surface area contributed by atoms with Gasteiger partial charge in [-0.25, -0.2) is 8.42 Å². The van der Waals surface area contributed by atoms with Crippen LogP contribution in [0.25, 0.3) is 0 Å². The lowest BCUT2D eigenvalue weighted by Gasteiger charge is -2.32. The summed E-state index contributed by atoms with van der Waals surface area (Å²) in [6, 6.07) is 6.69. The smallest absolute Gasteiger partial charge is 0.254 e. The predicted octanol–water partition coefficient (Wildman–Crippen LogP) is 2.35. The maximum Gasteiger partial charge on any atom is 0.254 e. The van der Waals surface area contributed by atoms with E-state index in [1.165, 1.54) is 4.31 Å². The van der Waals surface area contributed by atoms with Gasteiger partial charge >= 0.3 is 0 Å². The molecule has 1 atom stereocenters. The molecule has 0 saturated carbocycles. The zero-order valence-electron chi connectivity index (χ0n) is 15.8. The van der Waals surface area contributed by atoms with Crippen molar-refractivity contribution in [1.82, 2.24) is 14.5 Å². The summed E-state index contributed by atoms with van der Waals surface area (Å²) < 4.78 is 27.8. The molecule has 1 aromatic carbocycles. The number of nitrogens with zero attached hydrogens (tertiary/aromatic N) is 2. The van der Waals surface area contributed by atoms with Gasteiger partial charge in [-0.1, -0.05) is 25.5 Å². The first kappa shape index (κ1) is 22.9. The van der Waals surface area contributed by atoms with Crippen molar-refractivity contribution < 1.29 is 13.2 Å². The zero-order valence-corrected chi connectivity index (χ0v) is 17.4. The van der Waals surface area contributed by atoms with Crippen LogP contribution >= 0.6 is 12.4 Å². The standard InChI is InChI=1S/C18H29N3O3S.ClH/c1-4-5-12-20(3)18(22)16-10-6-7-11-17(16)25(23,24)21-13-8-9-15(14-21)19-2;/h6-7,10-11,15,19H,4-5,8-9,12-14H2,1-3H3;1H. The molecule has 0 bridgehead atoms. The molecule has 1 unspecified atom stereocenters. The number of likely N-dealkylation sites (N-methyl/N-ethyl adjacent to an activating group) is 1. The summed E-state index contributed by atoms with van der Waals surface area (Å²) in [5.74, 6) is -0.241. The van der Waals surface area contributed by atoms with Crippen molar-refractivity contribution in [3.8, 4) is 0 Å². The molecule has 1 fully saturated rings. The van der Waals surface area contributed by atoms with E-state index in [4.69, 9.17) is 0 Å². The summed E-state index contributed by atoms with van der Waals surface area (Å²) in [6.07, 6.45) is 3.66. The third kappa shape index (κ3) is 5.19. The molecule has 1 heterocycles. The van der Waals surface area contributed by atoms with Crippen LogP contribution in [-0.2, 0) is 10.0 Å². The number of carbonyl (C=O) groups excluding carboxylic acids is 1. The average Bonchev–Trinajstić information content (AvgIpc) is 2.65. The van der Waals surface area contributed by atoms with E-state index < -0.39 is 10.0 Å². The van der Waals surface area contributed by atoms with Crippen LogP contribution in [0.4, 0.5) is 0 Å². The first-order chi connectivity index (χ1) is 11.9. The van der Waals surface area contributed by atoms with Gasteiger partial charge in [0.15, 0.2) is 0 Å². The van der Waals surface area contributed by atoms with E-state index in [1.54, 1.807) is 36.2 Å². The molecule has 1 saturated heterocycles. The lowest BCUT2D eigenvalue weighted by molar-refractivity contribution is 0.0789. The fourth-order valence-corrected chi connectivity index (χ4v) is 4.81. The normalized spacial score (nSPS) is 18.2. The Labute approximate surface area is 163 Å². The van der Waals surface area contributed by atoms with Crippen LogP contribution in [0.15, 0.2) is 29.2 Å². The Morgan fingerprint density at radius 2 is 2.04 bits per heavy atom. The van der Waals surface area contributed by atoms with Gasteiger partial charge < -0.3 is 10.2 Å². The molecule has 1 aromatic rings. The van der Waals surface area contributed by atoms with E-state index in [0.29, 0.717) is 19.6 Å². The van der Waals surface area contributed by atoms with Gasteiger partial charge in [-0.05, 0) is 38.4 Å². The number of amides is 1. The van der Waals surface area contributed by atoms with Crippen LogP contribution in [0.2, 0.25) is 0 Å². The highest BCUT2D eigenvalue weighted by Gasteiger charge is 2.32. The molecule has 26 heavy (non-hydrogen) atoms. The molecule has 6 nitrogen and oxygen atoms in total. The molecule has 0 spiro atoms. The van der Waals surface area contributed by atoms with Gasteiger partial charge in [0.25, 0.3) is 5.91 Å². The molecule has 1 aliphatic rings. The van der Waals surface area contributed by atoms with Crippen molar-refractivity contribution in [3.63, 3.8) is 0 Å². The lowest BCUT2D eigenvalue weighted by atomic mass is 10.1. The Hall–Kier alpha value is -1.15. The topological polar surface area (TPSA) is 69.7 Å². The Bertz CT molecular complexity index is 697. The van der Waals surface area contributed by atoms with E-state index in [2.05, 4.69) is 12.2 Å². The van der Waals surface area contributed by atoms with Crippen LogP contribution in [0, 0.1) is 0 Å². The Balaban J connectivity index is 0.00000338. The zero-order chi connectivity index (χ0) is 18.4. The number of unbranched alkanes of at least 4 members (excludes halogenated alkanes) is 1. The minimum absolute atomic E-state index is 0. The van der Waals surface area contributed by atoms with Gasteiger partial charge in [-0.2, -0.15) is 4.31 Å². The van der Waals surface area contributed by atoms with Crippen LogP contribution in [0.1, 0.15) is 43.0 Å². The van der Waals surface area contributed by atoms with Gasteiger partial charge in [-0.3, -0.25) is 4.79 Å². The number of piperidine rings is 1. The Kier molecular flexibility index (Phi) is 9.03. The molecule has 8 heteroatoms. The number of sulfonamides is 1. The molecule has 148 valence electrons. The summed E-state index contributed by atoms with van der Waals surface area (Å²) in [6.45, 7) is 3.61. The second-order valence-corrected chi connectivity index (χ2v) is 8.47. The minimum atomic E-state index is -3.69. The van der Waals surface area contributed by atoms with Gasteiger partial charge in [0.05, 0.1) is 10.5 Å². The van der Waals surface area contributed by atoms with Crippen LogP contribution < -0.4 is 5.32 Å². The predicted molar refractivity (Wildman–Crippen MR) is 106 cm³/mol. The fourth-order valence-electron chi connectivity index (χ4n) is 3.11. The summed E-state index contributed by atoms with van der Waals surface area (Å²) in [7, 11) is -0.119. The van der Waals surface area contributed by atoms with Gasteiger partial charge in [0.2, 0.25) is 10.0 Å². The van der Waals surface area contributed by atoms with Crippen molar-refractivity contribution in [2.75, 3.05) is 33.7 Å². The van der Waals surface area contributed by atoms with Crippen molar-refractivity contribution >= 4 is 28.3 Å². The molecular weight excluding hydrogens is 374 g/mol. The molecule has 1 amide bonds. The number of benzene rings is 1. The van der Waals surface area contributed by atoms with Crippen molar-refractivity contribution in [1.29, 1.82) is 0 Å². The monoisotopic (exact) mass is 403 g/mol. The molecule has 0 aliphatic carbocycles. The molecular formula is C18H30ClN3O3S. The lowest BCUT2D eigenvalue weighted by Crippen LogP contribution is -2.47. The second kappa shape index (κ2) is 10.3. The fraction of sp³-hybridized carbons (Fsp3) is 0.611. The molecule has 0 aromatic heterocycles. The summed E-state index contributed by atoms with van der Waals surface area (Å²) in [5, 5.41) is 3.15. The third-order valence-electron chi connectivity index (χ3n) is 4.72. The number of halogens is 1. The number of rotatable bonds is 7. The Morgan fingerprint density at radius 3 is 2.69 bits per heavy atom. The molecule has 1 N–H and O–H groups in total. The van der Waals surface area contributed by atoms with Crippen LogP contribution in [0.3, 0.4) is 0 Å². The van der Waals surface area contributed by atoms with Crippen LogP contribution in [-0.4, -0.2) is 63.3 Å². The van der Waals surface area contributed by atoms with E-state index in [0.717, 1.165) is 25.7 Å². The van der Waals surface area contributed by atoms with Crippen LogP contribution in [0.5, 0.6) is 0 Å². The van der Waals surface area contributed by atoms with Gasteiger partial charge in [-0.15, -0.1) is 12.4 Å². The maximum absolute atomic E-state index is 13.1. The van der Waals surface area contributed by atoms with Gasteiger partial charge in [0, 0.05) is 32.7 Å². The van der Waals surface area contributed by atoms with Crippen molar-refractivity contribution in [2.45, 2.75) is 43.5 Å². The van der Waals surface area contributed by atoms with Crippen molar-refractivity contribution in [2.24, 2.45) is 0 Å². The number of nitrogens with one attached hydrogen (secondary N) is 1. The van der Waals surface area contributed by atoms with Gasteiger partial charge in [0.1, 0.15) is 0 Å². The SMILES string of the molecule is CCCCN(C)C(=O)c1ccccc1S(=O)(=O)N1CCCC(NC)C1.Cl. The van der Waals surface area contributed by atoms with E-state index >= 15 is 0 Å². The highest BCUT2D eigenvalue weighted by Crippen LogP contribution is 2.24. The third-order valence-corrected chi connectivity index (χ3v) is 6.64. The molecule has 2 rings (SSSR count). The minimum Gasteiger partial charge on any atom is -0.342 e. The summed E-state index contributed by atoms with van der Waals surface area (Å²) >= 11 is 0. The summed E-state index contributed by atoms with van der Waals surface area (Å²) in [4.78, 5) is 14.5. The average molecular weight is 404 g/mol. The first-order valence-corrected chi connectivity index (χ1v) is 10.4. The number of hydrogen-bond acceptors (Lipinski definition) is 4. The molecule has 0 radical (unpaired) electrons. The largest absolute Gasteiger partial charge is 0.342 e. The Morgan fingerprint density at radius 1 is 1.35 bits per heavy atom. The maximum atomic E-state index is 13.1. The molecule has 1 aliphatic heterocycles. The quantitative estimate of drug-likeness (QED) is 0.758. The van der Waals surface area contributed by atoms with E-state index in [-0.39, 0.29) is 34.8 Å².